The molecule has 0 bridgehead atoms. The lowest BCUT2D eigenvalue weighted by atomic mass is 10.1. The minimum absolute atomic E-state index is 0.927. The van der Waals surface area contributed by atoms with Crippen LogP contribution in [0.3, 0.4) is 0 Å². The fourth-order valence-corrected chi connectivity index (χ4v) is 2.08. The van der Waals surface area contributed by atoms with E-state index in [9.17, 15) is 0 Å². The zero-order valence-electron chi connectivity index (χ0n) is 10.2. The molecule has 1 aromatic rings. The molecule has 0 spiro atoms. The molecule has 0 radical (unpaired) electrons. The molecule has 0 aromatic carbocycles. The highest BCUT2D eigenvalue weighted by Crippen LogP contribution is 2.11. The standard InChI is InChI=1S/C14H22BrN/c1-2-3-4-5-6-7-8-9-13-10-11-14(15)16-12-13/h10-12H,2-9H2,1H3. The van der Waals surface area contributed by atoms with Crippen molar-refractivity contribution in [2.75, 3.05) is 0 Å². The lowest BCUT2D eigenvalue weighted by molar-refractivity contribution is 0.589. The zero-order chi connectivity index (χ0) is 11.6. The third kappa shape index (κ3) is 6.26. The molecule has 1 aromatic heterocycles. The fourth-order valence-electron chi connectivity index (χ4n) is 1.84. The summed E-state index contributed by atoms with van der Waals surface area (Å²) in [5, 5.41) is 0. The maximum Gasteiger partial charge on any atom is 0.106 e. The molecule has 0 aliphatic carbocycles. The molecule has 16 heavy (non-hydrogen) atoms. The van der Waals surface area contributed by atoms with Crippen molar-refractivity contribution < 1.29 is 0 Å². The molecule has 0 saturated carbocycles. The Morgan fingerprint density at radius 1 is 1.00 bits per heavy atom. The first-order valence-corrected chi connectivity index (χ1v) is 7.22. The van der Waals surface area contributed by atoms with Gasteiger partial charge in [-0.2, -0.15) is 0 Å². The first-order valence-electron chi connectivity index (χ1n) is 6.43. The van der Waals surface area contributed by atoms with Crippen LogP contribution in [0.1, 0.15) is 57.4 Å². The molecule has 1 heterocycles. The first kappa shape index (κ1) is 13.7. The van der Waals surface area contributed by atoms with Gasteiger partial charge < -0.3 is 0 Å². The summed E-state index contributed by atoms with van der Waals surface area (Å²) in [6.45, 7) is 2.26. The number of aromatic nitrogens is 1. The quantitative estimate of drug-likeness (QED) is 0.476. The van der Waals surface area contributed by atoms with Crippen molar-refractivity contribution in [3.63, 3.8) is 0 Å². The van der Waals surface area contributed by atoms with Gasteiger partial charge in [-0.15, -0.1) is 0 Å². The van der Waals surface area contributed by atoms with E-state index in [2.05, 4.69) is 33.9 Å². The molecule has 0 amide bonds. The Balaban J connectivity index is 2.01. The Labute approximate surface area is 108 Å². The second-order valence-electron chi connectivity index (χ2n) is 4.36. The molecule has 0 saturated heterocycles. The summed E-state index contributed by atoms with van der Waals surface area (Å²) in [6, 6.07) is 4.19. The van der Waals surface area contributed by atoms with Gasteiger partial charge in [-0.3, -0.25) is 0 Å². The molecule has 90 valence electrons. The van der Waals surface area contributed by atoms with Crippen LogP contribution in [0.25, 0.3) is 0 Å². The van der Waals surface area contributed by atoms with Crippen molar-refractivity contribution in [2.45, 2.75) is 58.3 Å². The van der Waals surface area contributed by atoms with Crippen molar-refractivity contribution in [1.29, 1.82) is 0 Å². The van der Waals surface area contributed by atoms with Crippen LogP contribution in [0.5, 0.6) is 0 Å². The molecular weight excluding hydrogens is 262 g/mol. The second-order valence-corrected chi connectivity index (χ2v) is 5.17. The average Bonchev–Trinajstić information content (AvgIpc) is 2.30. The number of nitrogens with zero attached hydrogens (tertiary/aromatic N) is 1. The van der Waals surface area contributed by atoms with E-state index in [1.807, 2.05) is 12.3 Å². The van der Waals surface area contributed by atoms with E-state index in [0.717, 1.165) is 4.60 Å². The van der Waals surface area contributed by atoms with Gasteiger partial charge in [0.15, 0.2) is 0 Å². The Bertz CT molecular complexity index is 269. The van der Waals surface area contributed by atoms with Crippen LogP contribution in [0.15, 0.2) is 22.9 Å². The molecule has 0 unspecified atom stereocenters. The topological polar surface area (TPSA) is 12.9 Å². The second kappa shape index (κ2) is 8.74. The molecule has 0 aliphatic heterocycles. The lowest BCUT2D eigenvalue weighted by Gasteiger charge is -2.02. The highest BCUT2D eigenvalue weighted by Gasteiger charge is 1.95. The van der Waals surface area contributed by atoms with Gasteiger partial charge in [0, 0.05) is 6.20 Å². The summed E-state index contributed by atoms with van der Waals surface area (Å²) in [7, 11) is 0. The fraction of sp³-hybridized carbons (Fsp3) is 0.643. The van der Waals surface area contributed by atoms with Gasteiger partial charge in [0.05, 0.1) is 0 Å². The van der Waals surface area contributed by atoms with Crippen molar-refractivity contribution in [3.05, 3.63) is 28.5 Å². The smallest absolute Gasteiger partial charge is 0.106 e. The van der Waals surface area contributed by atoms with Gasteiger partial charge in [0.25, 0.3) is 0 Å². The van der Waals surface area contributed by atoms with E-state index in [4.69, 9.17) is 0 Å². The highest BCUT2D eigenvalue weighted by molar-refractivity contribution is 9.10. The van der Waals surface area contributed by atoms with Crippen LogP contribution in [0, 0.1) is 0 Å². The van der Waals surface area contributed by atoms with E-state index in [1.54, 1.807) is 0 Å². The molecule has 0 N–H and O–H groups in total. The highest BCUT2D eigenvalue weighted by atomic mass is 79.9. The summed E-state index contributed by atoms with van der Waals surface area (Å²) in [4.78, 5) is 4.24. The van der Waals surface area contributed by atoms with Gasteiger partial charge in [0.2, 0.25) is 0 Å². The summed E-state index contributed by atoms with van der Waals surface area (Å²) >= 11 is 3.35. The van der Waals surface area contributed by atoms with Crippen LogP contribution in [-0.2, 0) is 6.42 Å². The van der Waals surface area contributed by atoms with Crippen molar-refractivity contribution >= 4 is 15.9 Å². The average molecular weight is 284 g/mol. The van der Waals surface area contributed by atoms with E-state index in [0.29, 0.717) is 0 Å². The third-order valence-corrected chi connectivity index (χ3v) is 3.33. The van der Waals surface area contributed by atoms with Crippen molar-refractivity contribution in [2.24, 2.45) is 0 Å². The SMILES string of the molecule is CCCCCCCCCc1ccc(Br)nc1. The van der Waals surface area contributed by atoms with Crippen LogP contribution in [0.4, 0.5) is 0 Å². The van der Waals surface area contributed by atoms with Crippen LogP contribution < -0.4 is 0 Å². The maximum absolute atomic E-state index is 4.24. The predicted molar refractivity (Wildman–Crippen MR) is 73.6 cm³/mol. The zero-order valence-corrected chi connectivity index (χ0v) is 11.8. The maximum atomic E-state index is 4.24. The first-order chi connectivity index (χ1) is 7.83. The number of unbranched alkanes of at least 4 members (excludes halogenated alkanes) is 6. The third-order valence-electron chi connectivity index (χ3n) is 2.86. The normalized spacial score (nSPS) is 10.6. The van der Waals surface area contributed by atoms with Crippen LogP contribution in [0.2, 0.25) is 0 Å². The summed E-state index contributed by atoms with van der Waals surface area (Å²) < 4.78 is 0.927. The van der Waals surface area contributed by atoms with E-state index in [1.165, 1.54) is 56.9 Å². The molecule has 0 fully saturated rings. The summed E-state index contributed by atoms with van der Waals surface area (Å²) in [5.41, 5.74) is 1.36. The van der Waals surface area contributed by atoms with Crippen molar-refractivity contribution in [1.82, 2.24) is 4.98 Å². The van der Waals surface area contributed by atoms with E-state index < -0.39 is 0 Å². The minimum Gasteiger partial charge on any atom is -0.249 e. The Hall–Kier alpha value is -0.370. The lowest BCUT2D eigenvalue weighted by Crippen LogP contribution is -1.87. The number of hydrogen-bond donors (Lipinski definition) is 0. The predicted octanol–water partition coefficient (Wildman–Crippen LogP) is 5.14. The summed E-state index contributed by atoms with van der Waals surface area (Å²) in [5.74, 6) is 0. The van der Waals surface area contributed by atoms with Crippen LogP contribution >= 0.6 is 15.9 Å². The summed E-state index contributed by atoms with van der Waals surface area (Å²) in [6.07, 6.45) is 12.8. The van der Waals surface area contributed by atoms with Gasteiger partial charge >= 0.3 is 0 Å². The van der Waals surface area contributed by atoms with Gasteiger partial charge in [-0.1, -0.05) is 51.5 Å². The van der Waals surface area contributed by atoms with Gasteiger partial charge in [-0.05, 0) is 40.4 Å². The molecule has 2 heteroatoms. The molecule has 1 nitrogen and oxygen atoms in total. The Morgan fingerprint density at radius 2 is 1.69 bits per heavy atom. The number of pyridine rings is 1. The molecular formula is C14H22BrN. The number of halogens is 1. The van der Waals surface area contributed by atoms with Gasteiger partial charge in [-0.25, -0.2) is 4.98 Å². The number of aryl methyl sites for hydroxylation is 1. The minimum atomic E-state index is 0.927. The largest absolute Gasteiger partial charge is 0.249 e. The number of hydrogen-bond acceptors (Lipinski definition) is 1. The van der Waals surface area contributed by atoms with Gasteiger partial charge in [0.1, 0.15) is 4.60 Å². The van der Waals surface area contributed by atoms with E-state index >= 15 is 0 Å². The van der Waals surface area contributed by atoms with Crippen molar-refractivity contribution in [3.8, 4) is 0 Å². The monoisotopic (exact) mass is 283 g/mol. The Morgan fingerprint density at radius 3 is 2.31 bits per heavy atom. The molecule has 1 rings (SSSR count). The number of rotatable bonds is 8. The van der Waals surface area contributed by atoms with Crippen LogP contribution in [-0.4, -0.2) is 4.98 Å². The molecule has 0 aliphatic rings. The van der Waals surface area contributed by atoms with E-state index in [-0.39, 0.29) is 0 Å². The molecule has 0 atom stereocenters. The Kier molecular flexibility index (Phi) is 7.48.